The zero-order valence-electron chi connectivity index (χ0n) is 15.2. The molecule has 0 unspecified atom stereocenters. The van der Waals surface area contributed by atoms with E-state index in [9.17, 15) is 9.90 Å². The van der Waals surface area contributed by atoms with Crippen LogP contribution in [0.25, 0.3) is 5.65 Å². The number of rotatable bonds is 4. The van der Waals surface area contributed by atoms with Crippen molar-refractivity contribution < 1.29 is 14.6 Å². The van der Waals surface area contributed by atoms with E-state index in [-0.39, 0.29) is 24.5 Å². The lowest BCUT2D eigenvalue weighted by atomic mass is 10.0. The molecule has 3 rings (SSSR count). The van der Waals surface area contributed by atoms with Crippen LogP contribution < -0.4 is 0 Å². The number of pyridine rings is 1. The Kier molecular flexibility index (Phi) is 5.39. The lowest BCUT2D eigenvalue weighted by molar-refractivity contribution is -0.136. The maximum Gasteiger partial charge on any atom is 0.228 e. The first-order chi connectivity index (χ1) is 12.0. The number of imidazole rings is 1. The fourth-order valence-corrected chi connectivity index (χ4v) is 3.80. The first-order valence-electron chi connectivity index (χ1n) is 8.92. The Hall–Kier alpha value is -1.92. The van der Waals surface area contributed by atoms with Gasteiger partial charge in [-0.15, -0.1) is 0 Å². The first kappa shape index (κ1) is 17.9. The van der Waals surface area contributed by atoms with Crippen LogP contribution >= 0.6 is 0 Å². The SMILES string of the molecule is CO[C@@H]1CCCC[C@@H](N(C)C(=O)Cc2c(C)nc3ccccn23)[C@H]1O. The van der Waals surface area contributed by atoms with Gasteiger partial charge in [-0.05, 0) is 31.9 Å². The van der Waals surface area contributed by atoms with Crippen molar-refractivity contribution in [2.45, 2.75) is 57.3 Å². The van der Waals surface area contributed by atoms with Crippen molar-refractivity contribution >= 4 is 11.6 Å². The van der Waals surface area contributed by atoms with Gasteiger partial charge in [-0.2, -0.15) is 0 Å². The fourth-order valence-electron chi connectivity index (χ4n) is 3.80. The summed E-state index contributed by atoms with van der Waals surface area (Å²) in [5.41, 5.74) is 2.61. The van der Waals surface area contributed by atoms with Crippen LogP contribution in [-0.2, 0) is 16.0 Å². The van der Waals surface area contributed by atoms with Crippen LogP contribution in [0.2, 0.25) is 0 Å². The molecule has 0 bridgehead atoms. The van der Waals surface area contributed by atoms with Crippen LogP contribution in [-0.4, -0.2) is 57.7 Å². The standard InChI is InChI=1S/C19H27N3O3/c1-13-15(22-11-7-6-10-17(22)20-13)12-18(23)21(2)14-8-4-5-9-16(25-3)19(14)24/h6-7,10-11,14,16,19,24H,4-5,8-9,12H2,1-3H3/t14-,16-,19-/m1/s1. The number of aromatic nitrogens is 2. The lowest BCUT2D eigenvalue weighted by Gasteiger charge is -2.33. The summed E-state index contributed by atoms with van der Waals surface area (Å²) < 4.78 is 7.38. The molecule has 1 aliphatic carbocycles. The van der Waals surface area contributed by atoms with Gasteiger partial charge in [0.1, 0.15) is 11.8 Å². The summed E-state index contributed by atoms with van der Waals surface area (Å²) in [7, 11) is 3.41. The molecule has 136 valence electrons. The highest BCUT2D eigenvalue weighted by molar-refractivity contribution is 5.79. The molecule has 25 heavy (non-hydrogen) atoms. The number of aryl methyl sites for hydroxylation is 1. The first-order valence-corrected chi connectivity index (χ1v) is 8.92. The van der Waals surface area contributed by atoms with Gasteiger partial charge in [0, 0.05) is 20.4 Å². The largest absolute Gasteiger partial charge is 0.388 e. The van der Waals surface area contributed by atoms with Crippen LogP contribution in [0.3, 0.4) is 0 Å². The predicted octanol–water partition coefficient (Wildman–Crippen LogP) is 1.96. The molecule has 2 aromatic rings. The molecule has 0 spiro atoms. The number of hydrogen-bond donors (Lipinski definition) is 1. The minimum Gasteiger partial charge on any atom is -0.388 e. The van der Waals surface area contributed by atoms with E-state index < -0.39 is 6.10 Å². The number of fused-ring (bicyclic) bond motifs is 1. The Morgan fingerprint density at radius 3 is 2.92 bits per heavy atom. The average Bonchev–Trinajstić information content (AvgIpc) is 2.80. The average molecular weight is 345 g/mol. The van der Waals surface area contributed by atoms with Gasteiger partial charge in [0.15, 0.2) is 0 Å². The summed E-state index contributed by atoms with van der Waals surface area (Å²) in [6, 6.07) is 5.60. The molecule has 6 nitrogen and oxygen atoms in total. The van der Waals surface area contributed by atoms with Gasteiger partial charge in [0.2, 0.25) is 5.91 Å². The van der Waals surface area contributed by atoms with Crippen molar-refractivity contribution in [1.82, 2.24) is 14.3 Å². The zero-order chi connectivity index (χ0) is 18.0. The Balaban J connectivity index is 1.78. The van der Waals surface area contributed by atoms with Gasteiger partial charge >= 0.3 is 0 Å². The van der Waals surface area contributed by atoms with Crippen molar-refractivity contribution in [3.63, 3.8) is 0 Å². The van der Waals surface area contributed by atoms with E-state index in [1.807, 2.05) is 35.7 Å². The van der Waals surface area contributed by atoms with Gasteiger partial charge in [0.25, 0.3) is 0 Å². The summed E-state index contributed by atoms with van der Waals surface area (Å²) in [6.45, 7) is 1.93. The Labute approximate surface area is 148 Å². The molecule has 1 aliphatic rings. The third kappa shape index (κ3) is 3.55. The van der Waals surface area contributed by atoms with E-state index in [1.165, 1.54) is 0 Å². The van der Waals surface area contributed by atoms with Crippen LogP contribution in [0.4, 0.5) is 0 Å². The second kappa shape index (κ2) is 7.54. The Morgan fingerprint density at radius 1 is 1.40 bits per heavy atom. The molecule has 3 atom stereocenters. The van der Waals surface area contributed by atoms with Gasteiger partial charge in [-0.25, -0.2) is 4.98 Å². The smallest absolute Gasteiger partial charge is 0.228 e. The van der Waals surface area contributed by atoms with E-state index in [0.717, 1.165) is 42.7 Å². The Morgan fingerprint density at radius 2 is 2.16 bits per heavy atom. The maximum absolute atomic E-state index is 12.9. The normalized spacial score (nSPS) is 24.2. The molecule has 0 aromatic carbocycles. The number of hydrogen-bond acceptors (Lipinski definition) is 4. The third-order valence-corrected chi connectivity index (χ3v) is 5.36. The molecule has 1 fully saturated rings. The van der Waals surface area contributed by atoms with Crippen molar-refractivity contribution in [3.8, 4) is 0 Å². The quantitative estimate of drug-likeness (QED) is 0.860. The van der Waals surface area contributed by atoms with E-state index in [2.05, 4.69) is 4.98 Å². The minimum absolute atomic E-state index is 0.00504. The van der Waals surface area contributed by atoms with E-state index >= 15 is 0 Å². The predicted molar refractivity (Wildman–Crippen MR) is 95.5 cm³/mol. The molecule has 1 N–H and O–H groups in total. The van der Waals surface area contributed by atoms with E-state index in [0.29, 0.717) is 0 Å². The molecular formula is C19H27N3O3. The summed E-state index contributed by atoms with van der Waals surface area (Å²) in [4.78, 5) is 19.1. The number of nitrogens with zero attached hydrogens (tertiary/aromatic N) is 3. The molecule has 0 saturated heterocycles. The fraction of sp³-hybridized carbons (Fsp3) is 0.579. The van der Waals surface area contributed by atoms with Crippen LogP contribution in [0, 0.1) is 6.92 Å². The van der Waals surface area contributed by atoms with Crippen molar-refractivity contribution in [3.05, 3.63) is 35.8 Å². The summed E-state index contributed by atoms with van der Waals surface area (Å²) in [6.07, 6.45) is 4.99. The molecular weight excluding hydrogens is 318 g/mol. The van der Waals surface area contributed by atoms with Gasteiger partial charge in [-0.1, -0.05) is 18.9 Å². The lowest BCUT2D eigenvalue weighted by Crippen LogP contribution is -2.49. The van der Waals surface area contributed by atoms with Crippen molar-refractivity contribution in [1.29, 1.82) is 0 Å². The molecule has 2 heterocycles. The molecule has 6 heteroatoms. The highest BCUT2D eigenvalue weighted by atomic mass is 16.5. The molecule has 2 aromatic heterocycles. The van der Waals surface area contributed by atoms with Crippen LogP contribution in [0.1, 0.15) is 37.1 Å². The second-order valence-electron chi connectivity index (χ2n) is 6.87. The van der Waals surface area contributed by atoms with Crippen LogP contribution in [0.15, 0.2) is 24.4 Å². The number of methoxy groups -OCH3 is 1. The van der Waals surface area contributed by atoms with Crippen molar-refractivity contribution in [2.75, 3.05) is 14.2 Å². The third-order valence-electron chi connectivity index (χ3n) is 5.36. The number of aliphatic hydroxyl groups excluding tert-OH is 1. The minimum atomic E-state index is -0.648. The Bertz CT molecular complexity index is 743. The summed E-state index contributed by atoms with van der Waals surface area (Å²) in [5, 5.41) is 10.6. The van der Waals surface area contributed by atoms with Crippen LogP contribution in [0.5, 0.6) is 0 Å². The summed E-state index contributed by atoms with van der Waals surface area (Å²) in [5.74, 6) is -0.00504. The monoisotopic (exact) mass is 345 g/mol. The number of carbonyl (C=O) groups is 1. The highest BCUT2D eigenvalue weighted by Gasteiger charge is 2.34. The number of carbonyl (C=O) groups excluding carboxylic acids is 1. The van der Waals surface area contributed by atoms with Crippen molar-refractivity contribution in [2.24, 2.45) is 0 Å². The van der Waals surface area contributed by atoms with E-state index in [1.54, 1.807) is 19.1 Å². The second-order valence-corrected chi connectivity index (χ2v) is 6.87. The number of ether oxygens (including phenoxy) is 1. The topological polar surface area (TPSA) is 67.1 Å². The molecule has 1 saturated carbocycles. The number of likely N-dealkylation sites (N-methyl/N-ethyl adjacent to an activating group) is 1. The number of amides is 1. The summed E-state index contributed by atoms with van der Waals surface area (Å²) >= 11 is 0. The zero-order valence-corrected chi connectivity index (χ0v) is 15.2. The number of aliphatic hydroxyl groups is 1. The van der Waals surface area contributed by atoms with Gasteiger partial charge < -0.3 is 19.1 Å². The van der Waals surface area contributed by atoms with E-state index in [4.69, 9.17) is 4.74 Å². The molecule has 1 amide bonds. The molecule has 0 aliphatic heterocycles. The van der Waals surface area contributed by atoms with Gasteiger partial charge in [-0.3, -0.25) is 4.79 Å². The maximum atomic E-state index is 12.9. The highest BCUT2D eigenvalue weighted by Crippen LogP contribution is 2.25. The molecule has 0 radical (unpaired) electrons. The van der Waals surface area contributed by atoms with Gasteiger partial charge in [0.05, 0.1) is 30.0 Å².